The van der Waals surface area contributed by atoms with Crippen LogP contribution < -0.4 is 0 Å². The first kappa shape index (κ1) is 23.1. The summed E-state index contributed by atoms with van der Waals surface area (Å²) < 4.78 is 25.5. The number of piperazine rings is 1. The molecular formula is C22H32FN3O3. The van der Waals surface area contributed by atoms with Crippen molar-refractivity contribution in [3.63, 3.8) is 0 Å². The standard InChI is InChI=1S/C20H26FN3O3.C2H6/c1-19(2,3)27-18(25)23-7-8-24-11-17(26-13-20(24,4)12-23)14-5-6-15(10-22)16(21)9-14;1-2/h5-6,9,17H,7-8,11-13H2,1-4H3;1-2H3/t17?,20-;/m1./s1. The van der Waals surface area contributed by atoms with Gasteiger partial charge in [-0.3, -0.25) is 4.90 Å². The van der Waals surface area contributed by atoms with E-state index in [2.05, 4.69) is 11.8 Å². The van der Waals surface area contributed by atoms with E-state index in [0.717, 1.165) is 5.56 Å². The quantitative estimate of drug-likeness (QED) is 0.704. The van der Waals surface area contributed by atoms with Gasteiger partial charge in [-0.25, -0.2) is 9.18 Å². The van der Waals surface area contributed by atoms with Gasteiger partial charge >= 0.3 is 6.09 Å². The lowest BCUT2D eigenvalue weighted by atomic mass is 9.93. The summed E-state index contributed by atoms with van der Waals surface area (Å²) in [6.45, 7) is 14.5. The predicted molar refractivity (Wildman–Crippen MR) is 109 cm³/mol. The maximum Gasteiger partial charge on any atom is 0.410 e. The number of amides is 1. The van der Waals surface area contributed by atoms with E-state index in [4.69, 9.17) is 14.7 Å². The van der Waals surface area contributed by atoms with Gasteiger partial charge in [-0.1, -0.05) is 19.9 Å². The van der Waals surface area contributed by atoms with E-state index >= 15 is 0 Å². The highest BCUT2D eigenvalue weighted by atomic mass is 19.1. The second kappa shape index (κ2) is 9.10. The zero-order valence-corrected chi connectivity index (χ0v) is 18.3. The molecule has 2 heterocycles. The lowest BCUT2D eigenvalue weighted by Gasteiger charge is -2.52. The Morgan fingerprint density at radius 1 is 1.34 bits per heavy atom. The van der Waals surface area contributed by atoms with E-state index in [1.165, 1.54) is 12.1 Å². The summed E-state index contributed by atoms with van der Waals surface area (Å²) in [6.07, 6.45) is -0.562. The van der Waals surface area contributed by atoms with Crippen LogP contribution in [0.3, 0.4) is 0 Å². The molecule has 2 aliphatic rings. The molecule has 2 aliphatic heterocycles. The van der Waals surface area contributed by atoms with Crippen LogP contribution in [0.5, 0.6) is 0 Å². The van der Waals surface area contributed by atoms with Crippen LogP contribution in [0.15, 0.2) is 18.2 Å². The number of carbonyl (C=O) groups excluding carboxylic acids is 1. The molecule has 0 aromatic heterocycles. The number of morpholine rings is 1. The molecule has 2 fully saturated rings. The number of carbonyl (C=O) groups is 1. The maximum atomic E-state index is 13.9. The van der Waals surface area contributed by atoms with Crippen molar-refractivity contribution in [2.24, 2.45) is 0 Å². The monoisotopic (exact) mass is 405 g/mol. The molecule has 0 saturated carbocycles. The minimum absolute atomic E-state index is 0.0328. The number of nitriles is 1. The molecule has 7 heteroatoms. The SMILES string of the molecule is CC.CC(C)(C)OC(=O)N1CCN2CC(c3ccc(C#N)c(F)c3)OC[C@@]2(C)C1. The third-order valence-electron chi connectivity index (χ3n) is 5.05. The van der Waals surface area contributed by atoms with Gasteiger partial charge in [0.1, 0.15) is 17.5 Å². The summed E-state index contributed by atoms with van der Waals surface area (Å²) in [5.74, 6) is -0.526. The van der Waals surface area contributed by atoms with Crippen LogP contribution in [0, 0.1) is 17.1 Å². The molecule has 0 radical (unpaired) electrons. The average molecular weight is 406 g/mol. The normalized spacial score (nSPS) is 24.6. The van der Waals surface area contributed by atoms with Gasteiger partial charge in [-0.05, 0) is 45.4 Å². The number of hydrogen-bond donors (Lipinski definition) is 0. The van der Waals surface area contributed by atoms with E-state index in [1.54, 1.807) is 11.0 Å². The number of hydrogen-bond acceptors (Lipinski definition) is 5. The maximum absolute atomic E-state index is 13.9. The highest BCUT2D eigenvalue weighted by Crippen LogP contribution is 2.33. The molecule has 0 aliphatic carbocycles. The van der Waals surface area contributed by atoms with Crippen LogP contribution in [-0.2, 0) is 9.47 Å². The molecule has 1 amide bonds. The van der Waals surface area contributed by atoms with Crippen LogP contribution in [-0.4, -0.2) is 59.8 Å². The second-order valence-electron chi connectivity index (χ2n) is 8.50. The van der Waals surface area contributed by atoms with Crippen LogP contribution >= 0.6 is 0 Å². The molecule has 29 heavy (non-hydrogen) atoms. The Balaban J connectivity index is 0.00000145. The number of rotatable bonds is 1. The van der Waals surface area contributed by atoms with Crippen molar-refractivity contribution < 1.29 is 18.7 Å². The van der Waals surface area contributed by atoms with Gasteiger partial charge in [0, 0.05) is 26.2 Å². The van der Waals surface area contributed by atoms with Gasteiger partial charge in [-0.2, -0.15) is 5.26 Å². The van der Waals surface area contributed by atoms with Crippen LogP contribution in [0.4, 0.5) is 9.18 Å². The second-order valence-corrected chi connectivity index (χ2v) is 8.50. The molecule has 1 unspecified atom stereocenters. The van der Waals surface area contributed by atoms with E-state index in [-0.39, 0.29) is 23.3 Å². The third kappa shape index (κ3) is 5.46. The summed E-state index contributed by atoms with van der Waals surface area (Å²) in [5, 5.41) is 8.88. The average Bonchev–Trinajstić information content (AvgIpc) is 2.67. The van der Waals surface area contributed by atoms with Crippen molar-refractivity contribution >= 4 is 6.09 Å². The molecule has 1 aromatic rings. The third-order valence-corrected chi connectivity index (χ3v) is 5.05. The largest absolute Gasteiger partial charge is 0.444 e. The number of nitrogens with zero attached hydrogens (tertiary/aromatic N) is 3. The molecule has 6 nitrogen and oxygen atoms in total. The Hall–Kier alpha value is -2.17. The number of fused-ring (bicyclic) bond motifs is 1. The highest BCUT2D eigenvalue weighted by molar-refractivity contribution is 5.68. The van der Waals surface area contributed by atoms with E-state index in [0.29, 0.717) is 32.8 Å². The molecule has 0 bridgehead atoms. The fourth-order valence-corrected chi connectivity index (χ4v) is 3.59. The topological polar surface area (TPSA) is 65.8 Å². The lowest BCUT2D eigenvalue weighted by Crippen LogP contribution is -2.67. The zero-order chi connectivity index (χ0) is 21.8. The zero-order valence-electron chi connectivity index (χ0n) is 18.3. The molecule has 0 spiro atoms. The van der Waals surface area contributed by atoms with E-state index in [1.807, 2.05) is 40.7 Å². The molecule has 0 N–H and O–H groups in total. The summed E-state index contributed by atoms with van der Waals surface area (Å²) >= 11 is 0. The Morgan fingerprint density at radius 3 is 2.62 bits per heavy atom. The summed E-state index contributed by atoms with van der Waals surface area (Å²) in [5.41, 5.74) is -0.0757. The molecule has 3 rings (SSSR count). The minimum atomic E-state index is -0.526. The molecule has 160 valence electrons. The Bertz CT molecular complexity index is 772. The first-order chi connectivity index (χ1) is 13.6. The van der Waals surface area contributed by atoms with Crippen molar-refractivity contribution in [3.8, 4) is 6.07 Å². The van der Waals surface area contributed by atoms with E-state index < -0.39 is 11.4 Å². The number of halogens is 1. The van der Waals surface area contributed by atoms with Crippen LogP contribution in [0.2, 0.25) is 0 Å². The Morgan fingerprint density at radius 2 is 2.03 bits per heavy atom. The van der Waals surface area contributed by atoms with Gasteiger partial charge in [0.15, 0.2) is 0 Å². The summed E-state index contributed by atoms with van der Waals surface area (Å²) in [6, 6.07) is 6.44. The van der Waals surface area contributed by atoms with Crippen molar-refractivity contribution in [1.29, 1.82) is 5.26 Å². The number of ether oxygens (including phenoxy) is 2. The lowest BCUT2D eigenvalue weighted by molar-refractivity contribution is -0.133. The van der Waals surface area contributed by atoms with Gasteiger partial charge in [-0.15, -0.1) is 0 Å². The predicted octanol–water partition coefficient (Wildman–Crippen LogP) is 4.11. The molecule has 1 aromatic carbocycles. The van der Waals surface area contributed by atoms with Crippen molar-refractivity contribution in [1.82, 2.24) is 9.80 Å². The van der Waals surface area contributed by atoms with Gasteiger partial charge < -0.3 is 14.4 Å². The summed E-state index contributed by atoms with van der Waals surface area (Å²) in [7, 11) is 0. The fraction of sp³-hybridized carbons (Fsp3) is 0.636. The van der Waals surface area contributed by atoms with Crippen LogP contribution in [0.25, 0.3) is 0 Å². The van der Waals surface area contributed by atoms with Gasteiger partial charge in [0.05, 0.1) is 23.8 Å². The molecule has 2 saturated heterocycles. The molecular weight excluding hydrogens is 373 g/mol. The van der Waals surface area contributed by atoms with Crippen molar-refractivity contribution in [2.75, 3.05) is 32.8 Å². The smallest absolute Gasteiger partial charge is 0.410 e. The number of benzene rings is 1. The summed E-state index contributed by atoms with van der Waals surface area (Å²) in [4.78, 5) is 16.4. The first-order valence-electron chi connectivity index (χ1n) is 10.2. The minimum Gasteiger partial charge on any atom is -0.444 e. The molecule has 2 atom stereocenters. The highest BCUT2D eigenvalue weighted by Gasteiger charge is 2.44. The Kier molecular flexibility index (Phi) is 7.25. The van der Waals surface area contributed by atoms with Crippen LogP contribution in [0.1, 0.15) is 58.8 Å². The van der Waals surface area contributed by atoms with Crippen molar-refractivity contribution in [3.05, 3.63) is 35.1 Å². The van der Waals surface area contributed by atoms with Gasteiger partial charge in [0.2, 0.25) is 0 Å². The first-order valence-corrected chi connectivity index (χ1v) is 10.2. The van der Waals surface area contributed by atoms with E-state index in [9.17, 15) is 9.18 Å². The Labute approximate surface area is 173 Å². The van der Waals surface area contributed by atoms with Crippen molar-refractivity contribution in [2.45, 2.75) is 58.8 Å². The van der Waals surface area contributed by atoms with Gasteiger partial charge in [0.25, 0.3) is 0 Å². The fourth-order valence-electron chi connectivity index (χ4n) is 3.59.